The lowest BCUT2D eigenvalue weighted by Gasteiger charge is -2.24. The Labute approximate surface area is 187 Å². The lowest BCUT2D eigenvalue weighted by molar-refractivity contribution is -0.137. The number of halogens is 4. The summed E-state index contributed by atoms with van der Waals surface area (Å²) in [6.07, 6.45) is -4.57. The second-order valence-corrected chi connectivity index (χ2v) is 7.78. The molecule has 1 heterocycles. The highest BCUT2D eigenvalue weighted by Gasteiger charge is 2.30. The van der Waals surface area contributed by atoms with E-state index in [1.165, 1.54) is 31.2 Å². The molecule has 0 aliphatic carbocycles. The molecule has 3 rings (SSSR count). The van der Waals surface area contributed by atoms with E-state index in [9.17, 15) is 27.2 Å². The molecule has 0 spiro atoms. The Hall–Kier alpha value is -3.69. The first kappa shape index (κ1) is 24.0. The summed E-state index contributed by atoms with van der Waals surface area (Å²) in [5, 5.41) is 6.39. The number of hydrogen-bond donors (Lipinski definition) is 1. The highest BCUT2D eigenvalue weighted by atomic mass is 19.4. The third-order valence-corrected chi connectivity index (χ3v) is 5.10. The average molecular weight is 462 g/mol. The van der Waals surface area contributed by atoms with Crippen molar-refractivity contribution in [2.75, 3.05) is 17.3 Å². The number of carbonyl (C=O) groups is 1. The van der Waals surface area contributed by atoms with Gasteiger partial charge in [0.25, 0.3) is 5.91 Å². The largest absolute Gasteiger partial charge is 0.416 e. The van der Waals surface area contributed by atoms with Gasteiger partial charge in [0, 0.05) is 30.5 Å². The number of nitrogens with zero attached hydrogens (tertiary/aromatic N) is 3. The minimum atomic E-state index is -4.57. The quantitative estimate of drug-likeness (QED) is 0.554. The van der Waals surface area contributed by atoms with Gasteiger partial charge in [0.2, 0.25) is 5.43 Å². The van der Waals surface area contributed by atoms with E-state index in [4.69, 9.17) is 0 Å². The summed E-state index contributed by atoms with van der Waals surface area (Å²) >= 11 is 0. The molecule has 1 amide bonds. The molecule has 0 aliphatic rings. The van der Waals surface area contributed by atoms with Crippen LogP contribution in [-0.2, 0) is 6.18 Å². The number of benzene rings is 2. The summed E-state index contributed by atoms with van der Waals surface area (Å²) in [4.78, 5) is 26.8. The Balaban J connectivity index is 1.94. The van der Waals surface area contributed by atoms with Gasteiger partial charge in [0.1, 0.15) is 5.82 Å². The standard InChI is InChI=1S/C23H22F4N4O2/c1-13(2)30(4)19-9-8-16(12-18(19)24)28-22(33)21-20(32)10-14(3)31(29-21)17-7-5-6-15(11-17)23(25,26)27/h5-13H,1-4H3,(H,28,33). The van der Waals surface area contributed by atoms with Crippen LogP contribution in [0, 0.1) is 12.7 Å². The number of hydrogen-bond acceptors (Lipinski definition) is 4. The zero-order chi connectivity index (χ0) is 24.5. The monoisotopic (exact) mass is 462 g/mol. The summed E-state index contributed by atoms with van der Waals surface area (Å²) in [5.41, 5.74) is -1.44. The van der Waals surface area contributed by atoms with Crippen LogP contribution >= 0.6 is 0 Å². The molecule has 33 heavy (non-hydrogen) atoms. The van der Waals surface area contributed by atoms with Gasteiger partial charge >= 0.3 is 6.18 Å². The maximum absolute atomic E-state index is 14.5. The zero-order valence-corrected chi connectivity index (χ0v) is 18.4. The highest BCUT2D eigenvalue weighted by Crippen LogP contribution is 2.30. The van der Waals surface area contributed by atoms with Gasteiger partial charge in [0.15, 0.2) is 5.69 Å². The number of alkyl halides is 3. The molecule has 0 aliphatic heterocycles. The number of aryl methyl sites for hydroxylation is 1. The third-order valence-electron chi connectivity index (χ3n) is 5.10. The third kappa shape index (κ3) is 5.21. The fourth-order valence-corrected chi connectivity index (χ4v) is 3.12. The van der Waals surface area contributed by atoms with Gasteiger partial charge in [-0.2, -0.15) is 18.3 Å². The normalized spacial score (nSPS) is 11.5. The minimum absolute atomic E-state index is 0.0310. The van der Waals surface area contributed by atoms with Crippen LogP contribution in [0.25, 0.3) is 5.69 Å². The molecule has 1 N–H and O–H groups in total. The molecule has 2 aromatic carbocycles. The van der Waals surface area contributed by atoms with E-state index in [1.807, 2.05) is 13.8 Å². The van der Waals surface area contributed by atoms with Crippen LogP contribution < -0.4 is 15.6 Å². The Morgan fingerprint density at radius 2 is 1.82 bits per heavy atom. The van der Waals surface area contributed by atoms with Crippen LogP contribution in [0.1, 0.15) is 35.6 Å². The van der Waals surface area contributed by atoms with E-state index in [2.05, 4.69) is 10.4 Å². The zero-order valence-electron chi connectivity index (χ0n) is 18.4. The smallest absolute Gasteiger partial charge is 0.370 e. The highest BCUT2D eigenvalue weighted by molar-refractivity contribution is 6.02. The summed E-state index contributed by atoms with van der Waals surface area (Å²) in [6, 6.07) is 9.59. The average Bonchev–Trinajstić information content (AvgIpc) is 2.72. The Morgan fingerprint density at radius 1 is 1.12 bits per heavy atom. The molecular weight excluding hydrogens is 440 g/mol. The number of amides is 1. The second-order valence-electron chi connectivity index (χ2n) is 7.78. The second kappa shape index (κ2) is 9.05. The van der Waals surface area contributed by atoms with Crippen molar-refractivity contribution in [3.63, 3.8) is 0 Å². The Bertz CT molecular complexity index is 1250. The molecule has 1 aromatic heterocycles. The van der Waals surface area contributed by atoms with Gasteiger partial charge in [0.05, 0.1) is 16.9 Å². The summed E-state index contributed by atoms with van der Waals surface area (Å²) in [6.45, 7) is 5.27. The first-order valence-corrected chi connectivity index (χ1v) is 10.0. The van der Waals surface area contributed by atoms with E-state index in [0.717, 1.165) is 28.9 Å². The Kier molecular flexibility index (Phi) is 6.57. The summed E-state index contributed by atoms with van der Waals surface area (Å²) < 4.78 is 54.8. The predicted molar refractivity (Wildman–Crippen MR) is 117 cm³/mol. The lowest BCUT2D eigenvalue weighted by atomic mass is 10.2. The SMILES string of the molecule is Cc1cc(=O)c(C(=O)Nc2ccc(N(C)C(C)C)c(F)c2)nn1-c1cccc(C(F)(F)F)c1. The van der Waals surface area contributed by atoms with Crippen molar-refractivity contribution < 1.29 is 22.4 Å². The fourth-order valence-electron chi connectivity index (χ4n) is 3.12. The molecule has 0 bridgehead atoms. The lowest BCUT2D eigenvalue weighted by Crippen LogP contribution is -2.27. The van der Waals surface area contributed by atoms with Crippen molar-refractivity contribution in [3.05, 3.63) is 81.5 Å². The number of nitrogens with one attached hydrogen (secondary N) is 1. The number of carbonyl (C=O) groups excluding carboxylic acids is 1. The predicted octanol–water partition coefficient (Wildman–Crippen LogP) is 4.80. The topological polar surface area (TPSA) is 67.2 Å². The molecule has 6 nitrogen and oxygen atoms in total. The van der Waals surface area contributed by atoms with E-state index in [0.29, 0.717) is 5.69 Å². The molecule has 0 fully saturated rings. The molecular formula is C23H22F4N4O2. The van der Waals surface area contributed by atoms with E-state index < -0.39 is 34.6 Å². The first-order valence-electron chi connectivity index (χ1n) is 10.0. The van der Waals surface area contributed by atoms with Crippen molar-refractivity contribution >= 4 is 17.3 Å². The fraction of sp³-hybridized carbons (Fsp3) is 0.261. The van der Waals surface area contributed by atoms with E-state index in [1.54, 1.807) is 11.9 Å². The number of aromatic nitrogens is 2. The molecule has 0 saturated heterocycles. The van der Waals surface area contributed by atoms with Gasteiger partial charge in [-0.05, 0) is 57.2 Å². The first-order chi connectivity index (χ1) is 15.4. The van der Waals surface area contributed by atoms with Crippen LogP contribution in [0.3, 0.4) is 0 Å². The number of anilines is 2. The van der Waals surface area contributed by atoms with Crippen molar-refractivity contribution in [2.45, 2.75) is 33.0 Å². The minimum Gasteiger partial charge on any atom is -0.370 e. The molecule has 3 aromatic rings. The van der Waals surface area contributed by atoms with Crippen molar-refractivity contribution in [1.29, 1.82) is 0 Å². The van der Waals surface area contributed by atoms with Crippen molar-refractivity contribution in [1.82, 2.24) is 9.78 Å². The van der Waals surface area contributed by atoms with Gasteiger partial charge in [-0.3, -0.25) is 9.59 Å². The van der Waals surface area contributed by atoms with Crippen LogP contribution in [0.15, 0.2) is 53.3 Å². The Morgan fingerprint density at radius 3 is 2.42 bits per heavy atom. The van der Waals surface area contributed by atoms with Crippen molar-refractivity contribution in [3.8, 4) is 5.69 Å². The maximum Gasteiger partial charge on any atom is 0.416 e. The molecule has 0 saturated carbocycles. The molecule has 174 valence electrons. The van der Waals surface area contributed by atoms with Gasteiger partial charge < -0.3 is 10.2 Å². The van der Waals surface area contributed by atoms with E-state index >= 15 is 0 Å². The summed E-state index contributed by atoms with van der Waals surface area (Å²) in [7, 11) is 1.73. The molecule has 10 heteroatoms. The molecule has 0 atom stereocenters. The van der Waals surface area contributed by atoms with Crippen LogP contribution in [-0.4, -0.2) is 28.8 Å². The van der Waals surface area contributed by atoms with Crippen LogP contribution in [0.4, 0.5) is 28.9 Å². The van der Waals surface area contributed by atoms with Crippen LogP contribution in [0.5, 0.6) is 0 Å². The van der Waals surface area contributed by atoms with Crippen molar-refractivity contribution in [2.24, 2.45) is 0 Å². The number of rotatable bonds is 5. The maximum atomic E-state index is 14.5. The van der Waals surface area contributed by atoms with Gasteiger partial charge in [-0.15, -0.1) is 0 Å². The van der Waals surface area contributed by atoms with Gasteiger partial charge in [-0.25, -0.2) is 9.07 Å². The van der Waals surface area contributed by atoms with Gasteiger partial charge in [-0.1, -0.05) is 6.07 Å². The molecule has 0 unspecified atom stereocenters. The molecule has 0 radical (unpaired) electrons. The van der Waals surface area contributed by atoms with Crippen LogP contribution in [0.2, 0.25) is 0 Å². The van der Waals surface area contributed by atoms with E-state index in [-0.39, 0.29) is 23.1 Å². The summed E-state index contributed by atoms with van der Waals surface area (Å²) in [5.74, 6) is -1.48.